The minimum atomic E-state index is -0.718. The zero-order valence-corrected chi connectivity index (χ0v) is 16.7. The number of methoxy groups -OCH3 is 1. The molecule has 1 atom stereocenters. The lowest BCUT2D eigenvalue weighted by Crippen LogP contribution is -2.48. The molecule has 1 fully saturated rings. The van der Waals surface area contributed by atoms with E-state index in [-0.39, 0.29) is 0 Å². The van der Waals surface area contributed by atoms with Crippen LogP contribution in [-0.2, 0) is 13.1 Å². The van der Waals surface area contributed by atoms with E-state index in [4.69, 9.17) is 4.74 Å². The second-order valence-corrected chi connectivity index (χ2v) is 7.37. The van der Waals surface area contributed by atoms with Crippen LogP contribution in [0.1, 0.15) is 32.3 Å². The van der Waals surface area contributed by atoms with Gasteiger partial charge in [-0.25, -0.2) is 4.98 Å². The van der Waals surface area contributed by atoms with Crippen molar-refractivity contribution < 1.29 is 9.84 Å². The van der Waals surface area contributed by atoms with Crippen LogP contribution in [0.3, 0.4) is 0 Å². The Morgan fingerprint density at radius 1 is 1.33 bits per heavy atom. The molecule has 2 N–H and O–H groups in total. The molecule has 0 bridgehead atoms. The number of ether oxygens (including phenoxy) is 1. The van der Waals surface area contributed by atoms with Crippen LogP contribution in [0, 0.1) is 0 Å². The molecular formula is C21H32N4O2. The van der Waals surface area contributed by atoms with Crippen molar-refractivity contribution in [1.29, 1.82) is 0 Å². The molecular weight excluding hydrogens is 340 g/mol. The summed E-state index contributed by atoms with van der Waals surface area (Å²) in [6.07, 6.45) is 5.57. The van der Waals surface area contributed by atoms with Crippen molar-refractivity contribution >= 4 is 0 Å². The molecule has 1 saturated heterocycles. The Morgan fingerprint density at radius 3 is 2.81 bits per heavy atom. The SMILES string of the molecule is CCN(CC)Cc1cc(-c2nccn2CC2(O)CCCNC2)ccc1OC. The van der Waals surface area contributed by atoms with E-state index in [0.717, 1.165) is 61.7 Å². The lowest BCUT2D eigenvalue weighted by Gasteiger charge is -2.33. The second-order valence-electron chi connectivity index (χ2n) is 7.37. The highest BCUT2D eigenvalue weighted by Gasteiger charge is 2.30. The van der Waals surface area contributed by atoms with Gasteiger partial charge in [-0.15, -0.1) is 0 Å². The number of imidazole rings is 1. The van der Waals surface area contributed by atoms with Gasteiger partial charge in [-0.05, 0) is 50.7 Å². The molecule has 0 aliphatic carbocycles. The Kier molecular flexibility index (Phi) is 6.52. The van der Waals surface area contributed by atoms with Crippen molar-refractivity contribution in [2.45, 2.75) is 45.4 Å². The molecule has 27 heavy (non-hydrogen) atoms. The molecule has 6 heteroatoms. The minimum absolute atomic E-state index is 0.548. The topological polar surface area (TPSA) is 62.6 Å². The number of hydrogen-bond acceptors (Lipinski definition) is 5. The van der Waals surface area contributed by atoms with E-state index in [1.165, 1.54) is 0 Å². The molecule has 0 amide bonds. The summed E-state index contributed by atoms with van der Waals surface area (Å²) in [6, 6.07) is 6.23. The zero-order chi connectivity index (χ0) is 19.3. The third-order valence-corrected chi connectivity index (χ3v) is 5.46. The number of hydrogen-bond donors (Lipinski definition) is 2. The highest BCUT2D eigenvalue weighted by molar-refractivity contribution is 5.59. The summed E-state index contributed by atoms with van der Waals surface area (Å²) in [7, 11) is 1.72. The zero-order valence-electron chi connectivity index (χ0n) is 16.7. The van der Waals surface area contributed by atoms with Gasteiger partial charge in [0.05, 0.1) is 19.3 Å². The van der Waals surface area contributed by atoms with Gasteiger partial charge in [-0.1, -0.05) is 13.8 Å². The largest absolute Gasteiger partial charge is 0.496 e. The molecule has 3 rings (SSSR count). The Bertz CT molecular complexity index is 734. The Balaban J connectivity index is 1.87. The van der Waals surface area contributed by atoms with E-state index in [1.54, 1.807) is 7.11 Å². The number of β-amino-alcohol motifs (C(OH)–C–C–N with tert-alkyl or cyclic N) is 1. The summed E-state index contributed by atoms with van der Waals surface area (Å²) >= 11 is 0. The number of nitrogens with one attached hydrogen (secondary N) is 1. The van der Waals surface area contributed by atoms with E-state index >= 15 is 0 Å². The second kappa shape index (κ2) is 8.87. The standard InChI is InChI=1S/C21H32N4O2/c1-4-24(5-2)14-18-13-17(7-8-19(18)27-3)20-23-11-12-25(20)16-21(26)9-6-10-22-15-21/h7-8,11-13,22,26H,4-6,9-10,14-16H2,1-3H3. The van der Waals surface area contributed by atoms with Crippen molar-refractivity contribution in [1.82, 2.24) is 19.8 Å². The molecule has 2 heterocycles. The van der Waals surface area contributed by atoms with Crippen molar-refractivity contribution in [3.63, 3.8) is 0 Å². The first-order chi connectivity index (χ1) is 13.1. The molecule has 148 valence electrons. The Morgan fingerprint density at radius 2 is 2.15 bits per heavy atom. The molecule has 2 aromatic rings. The monoisotopic (exact) mass is 372 g/mol. The Hall–Kier alpha value is -1.89. The normalized spacial score (nSPS) is 20.2. The van der Waals surface area contributed by atoms with Crippen molar-refractivity contribution in [3.05, 3.63) is 36.2 Å². The van der Waals surface area contributed by atoms with Gasteiger partial charge in [-0.3, -0.25) is 4.90 Å². The molecule has 0 saturated carbocycles. The van der Waals surface area contributed by atoms with Crippen LogP contribution in [0.2, 0.25) is 0 Å². The molecule has 1 aliphatic rings. The fraction of sp³-hybridized carbons (Fsp3) is 0.571. The fourth-order valence-electron chi connectivity index (χ4n) is 3.83. The van der Waals surface area contributed by atoms with Crippen LogP contribution >= 0.6 is 0 Å². The van der Waals surface area contributed by atoms with E-state index in [1.807, 2.05) is 24.5 Å². The quantitative estimate of drug-likeness (QED) is 0.746. The van der Waals surface area contributed by atoms with Crippen LogP contribution in [0.25, 0.3) is 11.4 Å². The first kappa shape index (κ1) is 19.9. The van der Waals surface area contributed by atoms with E-state index in [0.29, 0.717) is 13.1 Å². The maximum atomic E-state index is 10.9. The third kappa shape index (κ3) is 4.69. The maximum absolute atomic E-state index is 10.9. The molecule has 1 unspecified atom stereocenters. The van der Waals surface area contributed by atoms with Gasteiger partial charge in [0.25, 0.3) is 0 Å². The number of aliphatic hydroxyl groups is 1. The van der Waals surface area contributed by atoms with Gasteiger partial charge in [0.1, 0.15) is 11.6 Å². The highest BCUT2D eigenvalue weighted by Crippen LogP contribution is 2.28. The maximum Gasteiger partial charge on any atom is 0.139 e. The lowest BCUT2D eigenvalue weighted by molar-refractivity contribution is 0.00106. The first-order valence-corrected chi connectivity index (χ1v) is 9.92. The summed E-state index contributed by atoms with van der Waals surface area (Å²) in [5.74, 6) is 1.79. The van der Waals surface area contributed by atoms with E-state index < -0.39 is 5.60 Å². The van der Waals surface area contributed by atoms with Gasteiger partial charge < -0.3 is 19.7 Å². The van der Waals surface area contributed by atoms with Crippen molar-refractivity contribution in [3.8, 4) is 17.1 Å². The summed E-state index contributed by atoms with van der Waals surface area (Å²) < 4.78 is 7.64. The van der Waals surface area contributed by atoms with Crippen LogP contribution in [0.4, 0.5) is 0 Å². The van der Waals surface area contributed by atoms with Crippen LogP contribution < -0.4 is 10.1 Å². The molecule has 1 aromatic carbocycles. The van der Waals surface area contributed by atoms with Gasteiger partial charge in [-0.2, -0.15) is 0 Å². The molecule has 6 nitrogen and oxygen atoms in total. The number of aromatic nitrogens is 2. The number of rotatable bonds is 8. The molecule has 1 aliphatic heterocycles. The van der Waals surface area contributed by atoms with E-state index in [9.17, 15) is 5.11 Å². The predicted octanol–water partition coefficient (Wildman–Crippen LogP) is 2.52. The summed E-state index contributed by atoms with van der Waals surface area (Å²) in [4.78, 5) is 6.94. The minimum Gasteiger partial charge on any atom is -0.496 e. The summed E-state index contributed by atoms with van der Waals surface area (Å²) in [5.41, 5.74) is 1.49. The van der Waals surface area contributed by atoms with Crippen molar-refractivity contribution in [2.24, 2.45) is 0 Å². The van der Waals surface area contributed by atoms with Gasteiger partial charge >= 0.3 is 0 Å². The van der Waals surface area contributed by atoms with Gasteiger partial charge in [0.15, 0.2) is 0 Å². The average molecular weight is 373 g/mol. The smallest absolute Gasteiger partial charge is 0.139 e. The van der Waals surface area contributed by atoms with Crippen molar-refractivity contribution in [2.75, 3.05) is 33.3 Å². The predicted molar refractivity (Wildman–Crippen MR) is 108 cm³/mol. The van der Waals surface area contributed by atoms with Crippen LogP contribution in [-0.4, -0.2) is 58.4 Å². The number of nitrogens with zero attached hydrogens (tertiary/aromatic N) is 3. The average Bonchev–Trinajstić information content (AvgIpc) is 3.13. The summed E-state index contributed by atoms with van der Waals surface area (Å²) in [5, 5.41) is 14.2. The van der Waals surface area contributed by atoms with Gasteiger partial charge in [0, 0.05) is 36.6 Å². The molecule has 1 aromatic heterocycles. The van der Waals surface area contributed by atoms with Crippen LogP contribution in [0.15, 0.2) is 30.6 Å². The first-order valence-electron chi connectivity index (χ1n) is 9.92. The lowest BCUT2D eigenvalue weighted by atomic mass is 9.94. The van der Waals surface area contributed by atoms with Crippen LogP contribution in [0.5, 0.6) is 5.75 Å². The Labute approximate surface area is 162 Å². The third-order valence-electron chi connectivity index (χ3n) is 5.46. The van der Waals surface area contributed by atoms with E-state index in [2.05, 4.69) is 39.7 Å². The van der Waals surface area contributed by atoms with Gasteiger partial charge in [0.2, 0.25) is 0 Å². The number of benzene rings is 1. The number of piperidine rings is 1. The highest BCUT2D eigenvalue weighted by atomic mass is 16.5. The molecule has 0 spiro atoms. The fourth-order valence-corrected chi connectivity index (χ4v) is 3.83. The summed E-state index contributed by atoms with van der Waals surface area (Å²) in [6.45, 7) is 9.34. The molecule has 0 radical (unpaired) electrons.